The predicted octanol–water partition coefficient (Wildman–Crippen LogP) is 5.12. The fourth-order valence-electron chi connectivity index (χ4n) is 2.86. The van der Waals surface area contributed by atoms with Crippen LogP contribution in [0.4, 0.5) is 0 Å². The van der Waals surface area contributed by atoms with Crippen LogP contribution in [0.15, 0.2) is 0 Å². The highest BCUT2D eigenvalue weighted by Crippen LogP contribution is 2.19. The average molecular weight is 471 g/mol. The zero-order chi connectivity index (χ0) is 25.4. The summed E-state index contributed by atoms with van der Waals surface area (Å²) < 4.78 is 0. The molecule has 0 amide bonds. The second kappa shape index (κ2) is 19.7. The molecule has 0 radical (unpaired) electrons. The van der Waals surface area contributed by atoms with Gasteiger partial charge in [0.1, 0.15) is 16.1 Å². The molecule has 0 aromatic carbocycles. The Morgan fingerprint density at radius 2 is 0.412 bits per heavy atom. The Morgan fingerprint density at radius 3 is 0.559 bits per heavy atom. The van der Waals surface area contributed by atoms with E-state index in [0.29, 0.717) is 0 Å². The van der Waals surface area contributed by atoms with Gasteiger partial charge in [-0.1, -0.05) is 41.5 Å². The van der Waals surface area contributed by atoms with Crippen molar-refractivity contribution in [3.05, 3.63) is 0 Å². The first-order valence-corrected chi connectivity index (χ1v) is 16.9. The lowest BCUT2D eigenvalue weighted by Gasteiger charge is -2.19. The summed E-state index contributed by atoms with van der Waals surface area (Å²) in [7, 11) is -2.87. The van der Waals surface area contributed by atoms with Crippen molar-refractivity contribution in [3.8, 4) is 118 Å². The highest BCUT2D eigenvalue weighted by molar-refractivity contribution is 6.87. The SMILES string of the molecule is CC[Si](C#CC#CC#CC#CC#CC#CC#CC#CC#CC#C[Si](CC)(CC)CC)(CC)CC. The minimum atomic E-state index is -1.44. The Bertz CT molecular complexity index is 1190. The van der Waals surface area contributed by atoms with E-state index >= 15 is 0 Å². The first-order chi connectivity index (χ1) is 16.6. The van der Waals surface area contributed by atoms with Gasteiger partial charge < -0.3 is 0 Å². The van der Waals surface area contributed by atoms with E-state index in [0.717, 1.165) is 36.3 Å². The molecular weight excluding hydrogens is 441 g/mol. The summed E-state index contributed by atoms with van der Waals surface area (Å²) in [6.45, 7) is 13.3. The molecule has 0 nitrogen and oxygen atoms in total. The second-order valence-corrected chi connectivity index (χ2v) is 17.0. The van der Waals surface area contributed by atoms with E-state index in [1.54, 1.807) is 0 Å². The maximum absolute atomic E-state index is 3.39. The minimum Gasteiger partial charge on any atom is -0.117 e. The molecule has 0 aliphatic heterocycles. The van der Waals surface area contributed by atoms with E-state index in [1.165, 1.54) is 0 Å². The van der Waals surface area contributed by atoms with Crippen molar-refractivity contribution < 1.29 is 0 Å². The summed E-state index contributed by atoms with van der Waals surface area (Å²) in [4.78, 5) is 0. The van der Waals surface area contributed by atoms with E-state index in [2.05, 4.69) is 159 Å². The molecule has 0 unspecified atom stereocenters. The lowest BCUT2D eigenvalue weighted by molar-refractivity contribution is 1.20. The van der Waals surface area contributed by atoms with Crippen molar-refractivity contribution in [3.63, 3.8) is 0 Å². The molecule has 0 saturated heterocycles. The van der Waals surface area contributed by atoms with Crippen molar-refractivity contribution in [2.75, 3.05) is 0 Å². The summed E-state index contributed by atoms with van der Waals surface area (Å²) in [5.74, 6) is 48.2. The Morgan fingerprint density at radius 1 is 0.265 bits per heavy atom. The molecular formula is C32H30Si2. The Kier molecular flexibility index (Phi) is 17.4. The van der Waals surface area contributed by atoms with E-state index < -0.39 is 16.1 Å². The van der Waals surface area contributed by atoms with Gasteiger partial charge in [-0.05, 0) is 131 Å². The van der Waals surface area contributed by atoms with E-state index in [9.17, 15) is 0 Å². The van der Waals surface area contributed by atoms with Gasteiger partial charge in [-0.3, -0.25) is 0 Å². The summed E-state index contributed by atoms with van der Waals surface area (Å²) in [5, 5.41) is 0. The third kappa shape index (κ3) is 13.4. The summed E-state index contributed by atoms with van der Waals surface area (Å²) >= 11 is 0. The van der Waals surface area contributed by atoms with Gasteiger partial charge in [0.15, 0.2) is 0 Å². The fraction of sp³-hybridized carbons (Fsp3) is 0.375. The molecule has 0 fully saturated rings. The Hall–Kier alpha value is -3.97. The van der Waals surface area contributed by atoms with Gasteiger partial charge in [-0.2, -0.15) is 0 Å². The molecule has 0 aliphatic carbocycles. The minimum absolute atomic E-state index is 1.16. The number of hydrogen-bond donors (Lipinski definition) is 0. The van der Waals surface area contributed by atoms with Crippen LogP contribution in [0.3, 0.4) is 0 Å². The van der Waals surface area contributed by atoms with Crippen LogP contribution in [-0.4, -0.2) is 16.1 Å². The van der Waals surface area contributed by atoms with Crippen LogP contribution in [0, 0.1) is 118 Å². The topological polar surface area (TPSA) is 0 Å². The monoisotopic (exact) mass is 470 g/mol. The first-order valence-electron chi connectivity index (χ1n) is 11.6. The van der Waals surface area contributed by atoms with Crippen LogP contribution in [0.25, 0.3) is 0 Å². The molecule has 0 N–H and O–H groups in total. The number of hydrogen-bond acceptors (Lipinski definition) is 0. The maximum Gasteiger partial charge on any atom is 0.139 e. The molecule has 0 saturated carbocycles. The zero-order valence-corrected chi connectivity index (χ0v) is 23.2. The summed E-state index contributed by atoms with van der Waals surface area (Å²) in [6, 6.07) is 6.98. The molecule has 2 heteroatoms. The Balaban J connectivity index is 4.71. The van der Waals surface area contributed by atoms with Gasteiger partial charge in [0.05, 0.1) is 0 Å². The smallest absolute Gasteiger partial charge is 0.117 e. The van der Waals surface area contributed by atoms with Crippen molar-refractivity contribution >= 4 is 16.1 Å². The quantitative estimate of drug-likeness (QED) is 0.374. The van der Waals surface area contributed by atoms with Crippen molar-refractivity contribution in [2.24, 2.45) is 0 Å². The molecule has 0 rings (SSSR count). The first kappa shape index (κ1) is 30.0. The van der Waals surface area contributed by atoms with Gasteiger partial charge in [-0.15, -0.1) is 11.1 Å². The molecule has 0 aromatic rings. The van der Waals surface area contributed by atoms with Gasteiger partial charge in [0, 0.05) is 11.8 Å². The standard InChI is InChI=1S/C32H30Si2/c1-7-33(8-2,9-3)31-29-27-25-23-21-19-17-15-13-14-16-18-20-22-24-26-28-30-32-34(10-4,11-5)12-6/h7-12H2,1-6H3. The molecule has 0 atom stereocenters. The molecule has 166 valence electrons. The van der Waals surface area contributed by atoms with Crippen LogP contribution in [0.2, 0.25) is 36.3 Å². The zero-order valence-electron chi connectivity index (χ0n) is 21.2. The maximum atomic E-state index is 3.39. The van der Waals surface area contributed by atoms with Gasteiger partial charge in [0.2, 0.25) is 0 Å². The fourth-order valence-corrected chi connectivity index (χ4v) is 7.57. The molecule has 0 spiro atoms. The molecule has 0 bridgehead atoms. The molecule has 0 aromatic heterocycles. The normalized spacial score (nSPS) is 7.82. The molecule has 0 aliphatic rings. The van der Waals surface area contributed by atoms with E-state index in [1.807, 2.05) is 0 Å². The highest BCUT2D eigenvalue weighted by Gasteiger charge is 2.24. The van der Waals surface area contributed by atoms with Crippen LogP contribution in [0.5, 0.6) is 0 Å². The Labute approximate surface area is 211 Å². The third-order valence-corrected chi connectivity index (χ3v) is 15.2. The molecule has 34 heavy (non-hydrogen) atoms. The lowest BCUT2D eigenvalue weighted by atomic mass is 10.5. The predicted molar refractivity (Wildman–Crippen MR) is 152 cm³/mol. The van der Waals surface area contributed by atoms with E-state index in [4.69, 9.17) is 0 Å². The number of rotatable bonds is 6. The van der Waals surface area contributed by atoms with Crippen LogP contribution in [-0.2, 0) is 0 Å². The second-order valence-electron chi connectivity index (χ2n) is 7.18. The lowest BCUT2D eigenvalue weighted by Crippen LogP contribution is -2.29. The van der Waals surface area contributed by atoms with E-state index in [-0.39, 0.29) is 0 Å². The van der Waals surface area contributed by atoms with Crippen molar-refractivity contribution in [1.29, 1.82) is 0 Å². The molecule has 0 heterocycles. The largest absolute Gasteiger partial charge is 0.139 e. The van der Waals surface area contributed by atoms with Crippen LogP contribution >= 0.6 is 0 Å². The summed E-state index contributed by atoms with van der Waals surface area (Å²) in [5.41, 5.74) is 6.78. The van der Waals surface area contributed by atoms with Gasteiger partial charge in [-0.25, -0.2) is 0 Å². The van der Waals surface area contributed by atoms with Gasteiger partial charge >= 0.3 is 0 Å². The van der Waals surface area contributed by atoms with Crippen molar-refractivity contribution in [1.82, 2.24) is 0 Å². The van der Waals surface area contributed by atoms with Crippen molar-refractivity contribution in [2.45, 2.75) is 77.8 Å². The summed E-state index contributed by atoms with van der Waals surface area (Å²) in [6.07, 6.45) is 0. The van der Waals surface area contributed by atoms with Crippen LogP contribution < -0.4 is 0 Å². The average Bonchev–Trinajstić information content (AvgIpc) is 2.88. The van der Waals surface area contributed by atoms with Crippen LogP contribution in [0.1, 0.15) is 41.5 Å². The third-order valence-electron chi connectivity index (χ3n) is 5.78. The van der Waals surface area contributed by atoms with Gasteiger partial charge in [0.25, 0.3) is 0 Å². The highest BCUT2D eigenvalue weighted by atomic mass is 28.3.